The molecular weight excluding hydrogens is 172 g/mol. The summed E-state index contributed by atoms with van der Waals surface area (Å²) in [7, 11) is 0. The molecule has 1 N–H and O–H groups in total. The molecule has 0 fully saturated rings. The minimum Gasteiger partial charge on any atom is -0.507 e. The van der Waals surface area contributed by atoms with Gasteiger partial charge in [0.1, 0.15) is 5.75 Å². The minimum atomic E-state index is 0.459. The lowest BCUT2D eigenvalue weighted by Gasteiger charge is -2.14. The van der Waals surface area contributed by atoms with Crippen LogP contribution in [0.25, 0.3) is 5.57 Å². The number of phenols is 1. The van der Waals surface area contributed by atoms with Crippen LogP contribution in [0.5, 0.6) is 5.75 Å². The highest BCUT2D eigenvalue weighted by atomic mass is 16.3. The van der Waals surface area contributed by atoms with E-state index in [-0.39, 0.29) is 0 Å². The van der Waals surface area contributed by atoms with Gasteiger partial charge in [-0.3, -0.25) is 0 Å². The summed E-state index contributed by atoms with van der Waals surface area (Å²) in [5, 5.41) is 9.91. The summed E-state index contributed by atoms with van der Waals surface area (Å²) in [5.41, 5.74) is 3.32. The molecule has 1 aliphatic carbocycles. The van der Waals surface area contributed by atoms with Gasteiger partial charge >= 0.3 is 0 Å². The Kier molecular flexibility index (Phi) is 2.58. The summed E-state index contributed by atoms with van der Waals surface area (Å²) in [5.74, 6) is 0.459. The van der Waals surface area contributed by atoms with Crippen molar-refractivity contribution in [1.29, 1.82) is 0 Å². The van der Waals surface area contributed by atoms with E-state index < -0.39 is 0 Å². The van der Waals surface area contributed by atoms with Gasteiger partial charge in [0.05, 0.1) is 0 Å². The molecule has 0 spiro atoms. The molecule has 2 rings (SSSR count). The minimum absolute atomic E-state index is 0.459. The van der Waals surface area contributed by atoms with Gasteiger partial charge in [0.25, 0.3) is 0 Å². The molecule has 74 valence electrons. The van der Waals surface area contributed by atoms with Gasteiger partial charge in [0.15, 0.2) is 0 Å². The Bertz CT molecular complexity index is 363. The summed E-state index contributed by atoms with van der Waals surface area (Å²) in [6.07, 6.45) is 7.06. The van der Waals surface area contributed by atoms with Crippen LogP contribution in [0.1, 0.15) is 36.8 Å². The largest absolute Gasteiger partial charge is 0.507 e. The van der Waals surface area contributed by atoms with Crippen molar-refractivity contribution in [2.45, 2.75) is 32.6 Å². The van der Waals surface area contributed by atoms with Crippen molar-refractivity contribution in [3.63, 3.8) is 0 Å². The molecule has 0 radical (unpaired) electrons. The zero-order valence-corrected chi connectivity index (χ0v) is 8.59. The summed E-state index contributed by atoms with van der Waals surface area (Å²) < 4.78 is 0. The van der Waals surface area contributed by atoms with Gasteiger partial charge < -0.3 is 5.11 Å². The lowest BCUT2D eigenvalue weighted by molar-refractivity contribution is 0.469. The summed E-state index contributed by atoms with van der Waals surface area (Å²) in [6, 6.07) is 5.97. The fourth-order valence-electron chi connectivity index (χ4n) is 2.00. The van der Waals surface area contributed by atoms with E-state index in [1.807, 2.05) is 25.1 Å². The normalized spacial score (nSPS) is 16.5. The van der Waals surface area contributed by atoms with Crippen LogP contribution >= 0.6 is 0 Å². The summed E-state index contributed by atoms with van der Waals surface area (Å²) in [4.78, 5) is 0. The summed E-state index contributed by atoms with van der Waals surface area (Å²) >= 11 is 0. The first-order valence-electron chi connectivity index (χ1n) is 5.27. The third-order valence-corrected chi connectivity index (χ3v) is 2.87. The number of phenolic OH excluding ortho intramolecular Hbond substituents is 1. The zero-order valence-electron chi connectivity index (χ0n) is 8.59. The maximum absolute atomic E-state index is 9.91. The van der Waals surface area contributed by atoms with Crippen molar-refractivity contribution in [2.75, 3.05) is 0 Å². The Labute approximate surface area is 85.1 Å². The summed E-state index contributed by atoms with van der Waals surface area (Å²) in [6.45, 7) is 1.95. The van der Waals surface area contributed by atoms with E-state index in [4.69, 9.17) is 0 Å². The van der Waals surface area contributed by atoms with Crippen molar-refractivity contribution in [1.82, 2.24) is 0 Å². The first-order valence-corrected chi connectivity index (χ1v) is 5.27. The molecule has 1 aliphatic rings. The molecule has 1 heteroatoms. The number of benzene rings is 1. The zero-order chi connectivity index (χ0) is 9.97. The van der Waals surface area contributed by atoms with E-state index >= 15 is 0 Å². The first kappa shape index (κ1) is 9.32. The lowest BCUT2D eigenvalue weighted by Crippen LogP contribution is -1.93. The Balaban J connectivity index is 2.40. The molecule has 14 heavy (non-hydrogen) atoms. The van der Waals surface area contributed by atoms with E-state index in [2.05, 4.69) is 6.08 Å². The number of aromatic hydroxyl groups is 1. The maximum atomic E-state index is 9.91. The third kappa shape index (κ3) is 1.67. The Morgan fingerprint density at radius 1 is 1.21 bits per heavy atom. The molecule has 0 aromatic heterocycles. The average Bonchev–Trinajstić information content (AvgIpc) is 2.23. The van der Waals surface area contributed by atoms with Crippen LogP contribution in [0.4, 0.5) is 0 Å². The highest BCUT2D eigenvalue weighted by Gasteiger charge is 2.10. The van der Waals surface area contributed by atoms with Crippen LogP contribution in [0.3, 0.4) is 0 Å². The topological polar surface area (TPSA) is 20.2 Å². The second-order valence-electron chi connectivity index (χ2n) is 3.95. The van der Waals surface area contributed by atoms with Gasteiger partial charge in [-0.25, -0.2) is 0 Å². The van der Waals surface area contributed by atoms with E-state index in [1.165, 1.54) is 18.4 Å². The smallest absolute Gasteiger partial charge is 0.125 e. The van der Waals surface area contributed by atoms with Crippen molar-refractivity contribution >= 4 is 5.57 Å². The number of aryl methyl sites for hydroxylation is 1. The number of rotatable bonds is 1. The number of para-hydroxylation sites is 1. The number of hydrogen-bond donors (Lipinski definition) is 1. The molecular formula is C13H16O. The van der Waals surface area contributed by atoms with Crippen molar-refractivity contribution in [2.24, 2.45) is 0 Å². The molecule has 0 unspecified atom stereocenters. The quantitative estimate of drug-likeness (QED) is 0.713. The SMILES string of the molecule is Cc1cccc(C2=CCCCC2)c1O. The Hall–Kier alpha value is -1.24. The molecule has 0 saturated carbocycles. The Morgan fingerprint density at radius 3 is 2.79 bits per heavy atom. The van der Waals surface area contributed by atoms with E-state index in [0.717, 1.165) is 24.0 Å². The predicted octanol–water partition coefficient (Wildman–Crippen LogP) is 3.66. The molecule has 0 amide bonds. The maximum Gasteiger partial charge on any atom is 0.125 e. The molecule has 0 saturated heterocycles. The fourth-order valence-corrected chi connectivity index (χ4v) is 2.00. The van der Waals surface area contributed by atoms with Gasteiger partial charge in [-0.15, -0.1) is 0 Å². The third-order valence-electron chi connectivity index (χ3n) is 2.87. The van der Waals surface area contributed by atoms with Crippen LogP contribution < -0.4 is 0 Å². The van der Waals surface area contributed by atoms with Gasteiger partial charge in [0.2, 0.25) is 0 Å². The number of hydrogen-bond acceptors (Lipinski definition) is 1. The average molecular weight is 188 g/mol. The predicted molar refractivity (Wildman–Crippen MR) is 59.3 cm³/mol. The van der Waals surface area contributed by atoms with Crippen LogP contribution in [0, 0.1) is 6.92 Å². The van der Waals surface area contributed by atoms with Crippen LogP contribution in [0.15, 0.2) is 24.3 Å². The van der Waals surface area contributed by atoms with E-state index in [0.29, 0.717) is 5.75 Å². The van der Waals surface area contributed by atoms with Crippen LogP contribution in [0.2, 0.25) is 0 Å². The molecule has 0 bridgehead atoms. The van der Waals surface area contributed by atoms with Crippen LogP contribution in [-0.2, 0) is 0 Å². The van der Waals surface area contributed by atoms with Crippen molar-refractivity contribution in [3.8, 4) is 5.75 Å². The Morgan fingerprint density at radius 2 is 2.07 bits per heavy atom. The van der Waals surface area contributed by atoms with Gasteiger partial charge in [0, 0.05) is 5.56 Å². The van der Waals surface area contributed by atoms with E-state index in [9.17, 15) is 5.11 Å². The highest BCUT2D eigenvalue weighted by Crippen LogP contribution is 2.33. The van der Waals surface area contributed by atoms with Gasteiger partial charge in [-0.05, 0) is 43.7 Å². The molecule has 1 nitrogen and oxygen atoms in total. The molecule has 0 atom stereocenters. The van der Waals surface area contributed by atoms with Gasteiger partial charge in [-0.1, -0.05) is 24.3 Å². The highest BCUT2D eigenvalue weighted by molar-refractivity contribution is 5.71. The molecule has 1 aromatic carbocycles. The molecule has 0 aliphatic heterocycles. The van der Waals surface area contributed by atoms with Crippen LogP contribution in [-0.4, -0.2) is 5.11 Å². The monoisotopic (exact) mass is 188 g/mol. The van der Waals surface area contributed by atoms with Crippen molar-refractivity contribution < 1.29 is 5.11 Å². The van der Waals surface area contributed by atoms with Crippen molar-refractivity contribution in [3.05, 3.63) is 35.4 Å². The number of allylic oxidation sites excluding steroid dienone is 2. The molecule has 0 heterocycles. The molecule has 1 aromatic rings. The first-order chi connectivity index (χ1) is 6.79. The lowest BCUT2D eigenvalue weighted by atomic mass is 9.92. The fraction of sp³-hybridized carbons (Fsp3) is 0.385. The standard InChI is InChI=1S/C13H16O/c1-10-6-5-9-12(13(10)14)11-7-3-2-4-8-11/h5-7,9,14H,2-4,8H2,1H3. The second-order valence-corrected chi connectivity index (χ2v) is 3.95. The second kappa shape index (κ2) is 3.87. The van der Waals surface area contributed by atoms with E-state index in [1.54, 1.807) is 0 Å². The van der Waals surface area contributed by atoms with Gasteiger partial charge in [-0.2, -0.15) is 0 Å².